The molecule has 0 aromatic heterocycles. The van der Waals surface area contributed by atoms with Gasteiger partial charge in [0.05, 0.1) is 0 Å². The number of amides is 2. The van der Waals surface area contributed by atoms with Crippen LogP contribution in [0.3, 0.4) is 0 Å². The summed E-state index contributed by atoms with van der Waals surface area (Å²) >= 11 is 0. The summed E-state index contributed by atoms with van der Waals surface area (Å²) in [5.41, 5.74) is 2.24. The van der Waals surface area contributed by atoms with Crippen LogP contribution in [0.1, 0.15) is 5.56 Å². The van der Waals surface area contributed by atoms with Crippen molar-refractivity contribution in [1.29, 1.82) is 0 Å². The zero-order valence-electron chi connectivity index (χ0n) is 16.3. The van der Waals surface area contributed by atoms with E-state index in [1.165, 1.54) is 11.8 Å². The van der Waals surface area contributed by atoms with Crippen LogP contribution in [-0.4, -0.2) is 56.5 Å². The van der Waals surface area contributed by atoms with Gasteiger partial charge >= 0.3 is 11.8 Å². The fraction of sp³-hybridized carbons (Fsp3) is 0.333. The second-order valence-corrected chi connectivity index (χ2v) is 7.05. The van der Waals surface area contributed by atoms with E-state index in [-0.39, 0.29) is 12.2 Å². The quantitative estimate of drug-likeness (QED) is 0.751. The van der Waals surface area contributed by atoms with Gasteiger partial charge in [0.2, 0.25) is 0 Å². The summed E-state index contributed by atoms with van der Waals surface area (Å²) in [6.45, 7) is 4.37. The van der Waals surface area contributed by atoms with Crippen molar-refractivity contribution in [2.24, 2.45) is 0 Å². The molecule has 3 rings (SSSR count). The molecule has 0 aliphatic carbocycles. The molecule has 1 aliphatic rings. The third kappa shape index (κ3) is 5.74. The van der Waals surface area contributed by atoms with E-state index in [1.807, 2.05) is 12.1 Å². The highest BCUT2D eigenvalue weighted by atomic mass is 19.2. The Morgan fingerprint density at radius 1 is 0.931 bits per heavy atom. The maximum Gasteiger partial charge on any atom is 0.313 e. The number of likely N-dealkylation sites (N-methyl/N-ethyl adjacent to an activating group) is 1. The first-order chi connectivity index (χ1) is 13.9. The second-order valence-electron chi connectivity index (χ2n) is 7.05. The van der Waals surface area contributed by atoms with Gasteiger partial charge in [-0.1, -0.05) is 12.1 Å². The molecule has 0 atom stereocenters. The van der Waals surface area contributed by atoms with Crippen molar-refractivity contribution in [1.82, 2.24) is 10.2 Å². The van der Waals surface area contributed by atoms with Crippen LogP contribution in [0.5, 0.6) is 0 Å². The van der Waals surface area contributed by atoms with Crippen LogP contribution in [0.25, 0.3) is 0 Å². The topological polar surface area (TPSA) is 64.7 Å². The number of carbonyl (C=O) groups excluding carboxylic acids is 2. The SMILES string of the molecule is CN1CCN(c2ccc(CCNC(=O)C(=O)Nc3ccc(F)c(F)c3)cc2)CC1. The summed E-state index contributed by atoms with van der Waals surface area (Å²) in [7, 11) is 2.12. The minimum atomic E-state index is -1.09. The fourth-order valence-electron chi connectivity index (χ4n) is 3.10. The van der Waals surface area contributed by atoms with E-state index in [9.17, 15) is 18.4 Å². The van der Waals surface area contributed by atoms with Crippen molar-refractivity contribution < 1.29 is 18.4 Å². The van der Waals surface area contributed by atoms with E-state index in [1.54, 1.807) is 0 Å². The molecule has 8 heteroatoms. The molecule has 1 heterocycles. The van der Waals surface area contributed by atoms with Gasteiger partial charge in [0.25, 0.3) is 0 Å². The monoisotopic (exact) mass is 402 g/mol. The zero-order chi connectivity index (χ0) is 20.8. The van der Waals surface area contributed by atoms with Gasteiger partial charge in [0.1, 0.15) is 0 Å². The third-order valence-corrected chi connectivity index (χ3v) is 4.89. The molecular weight excluding hydrogens is 378 g/mol. The standard InChI is InChI=1S/C21H24F2N4O2/c1-26-10-12-27(13-11-26)17-5-2-15(3-6-17)8-9-24-20(28)21(29)25-16-4-7-18(22)19(23)14-16/h2-7,14H,8-13H2,1H3,(H,24,28)(H,25,29). The van der Waals surface area contributed by atoms with Crippen LogP contribution in [-0.2, 0) is 16.0 Å². The van der Waals surface area contributed by atoms with Gasteiger partial charge in [-0.05, 0) is 43.3 Å². The Labute approximate surface area is 168 Å². The molecule has 2 N–H and O–H groups in total. The molecule has 0 saturated carbocycles. The first-order valence-corrected chi connectivity index (χ1v) is 9.49. The normalized spacial score (nSPS) is 14.5. The molecular formula is C21H24F2N4O2. The number of hydrogen-bond acceptors (Lipinski definition) is 4. The number of anilines is 2. The molecule has 0 radical (unpaired) electrons. The van der Waals surface area contributed by atoms with E-state index in [0.29, 0.717) is 6.42 Å². The molecule has 1 saturated heterocycles. The van der Waals surface area contributed by atoms with E-state index >= 15 is 0 Å². The molecule has 2 aromatic rings. The Bertz CT molecular complexity index is 865. The lowest BCUT2D eigenvalue weighted by molar-refractivity contribution is -0.136. The lowest BCUT2D eigenvalue weighted by Gasteiger charge is -2.34. The number of rotatable bonds is 5. The number of benzene rings is 2. The molecule has 0 bridgehead atoms. The van der Waals surface area contributed by atoms with Crippen LogP contribution in [0.15, 0.2) is 42.5 Å². The van der Waals surface area contributed by atoms with Crippen molar-refractivity contribution in [2.75, 3.05) is 50.0 Å². The maximum atomic E-state index is 13.2. The average molecular weight is 402 g/mol. The summed E-state index contributed by atoms with van der Waals surface area (Å²) in [5, 5.41) is 4.76. The molecule has 2 amide bonds. The molecule has 6 nitrogen and oxygen atoms in total. The molecule has 1 aliphatic heterocycles. The Hall–Kier alpha value is -3.00. The maximum absolute atomic E-state index is 13.2. The summed E-state index contributed by atoms with van der Waals surface area (Å²) in [6, 6.07) is 11.1. The zero-order valence-corrected chi connectivity index (χ0v) is 16.3. The molecule has 2 aromatic carbocycles. The highest BCUT2D eigenvalue weighted by Crippen LogP contribution is 2.17. The third-order valence-electron chi connectivity index (χ3n) is 4.89. The Kier molecular flexibility index (Phi) is 6.77. The number of nitrogens with one attached hydrogen (secondary N) is 2. The average Bonchev–Trinajstić information content (AvgIpc) is 2.72. The van der Waals surface area contributed by atoms with Gasteiger partial charge in [-0.25, -0.2) is 8.78 Å². The van der Waals surface area contributed by atoms with Gasteiger partial charge in [-0.3, -0.25) is 9.59 Å². The minimum absolute atomic E-state index is 0.0172. The van der Waals surface area contributed by atoms with Gasteiger partial charge in [0, 0.05) is 50.2 Å². The highest BCUT2D eigenvalue weighted by Gasteiger charge is 2.15. The fourth-order valence-corrected chi connectivity index (χ4v) is 3.10. The highest BCUT2D eigenvalue weighted by molar-refractivity contribution is 6.39. The molecule has 1 fully saturated rings. The van der Waals surface area contributed by atoms with Crippen LogP contribution in [0.4, 0.5) is 20.2 Å². The Morgan fingerprint density at radius 2 is 1.62 bits per heavy atom. The predicted molar refractivity (Wildman–Crippen MR) is 108 cm³/mol. The van der Waals surface area contributed by atoms with E-state index in [4.69, 9.17) is 0 Å². The molecule has 0 spiro atoms. The van der Waals surface area contributed by atoms with Gasteiger partial charge in [-0.2, -0.15) is 0 Å². The minimum Gasteiger partial charge on any atom is -0.369 e. The molecule has 0 unspecified atom stereocenters. The molecule has 29 heavy (non-hydrogen) atoms. The van der Waals surface area contributed by atoms with Crippen LogP contribution in [0.2, 0.25) is 0 Å². The number of hydrogen-bond donors (Lipinski definition) is 2. The van der Waals surface area contributed by atoms with Crippen molar-refractivity contribution >= 4 is 23.2 Å². The predicted octanol–water partition coefficient (Wildman–Crippen LogP) is 2.01. The largest absolute Gasteiger partial charge is 0.369 e. The van der Waals surface area contributed by atoms with Crippen molar-refractivity contribution in [3.05, 3.63) is 59.7 Å². The van der Waals surface area contributed by atoms with E-state index in [2.05, 4.69) is 39.6 Å². The number of halogens is 2. The first kappa shape index (κ1) is 20.7. The van der Waals surface area contributed by atoms with Crippen molar-refractivity contribution in [3.8, 4) is 0 Å². The van der Waals surface area contributed by atoms with Crippen LogP contribution in [0, 0.1) is 11.6 Å². The van der Waals surface area contributed by atoms with Crippen LogP contribution < -0.4 is 15.5 Å². The Balaban J connectivity index is 1.43. The van der Waals surface area contributed by atoms with Crippen molar-refractivity contribution in [2.45, 2.75) is 6.42 Å². The summed E-state index contributed by atoms with van der Waals surface area (Å²) in [6.07, 6.45) is 0.577. The smallest absolute Gasteiger partial charge is 0.313 e. The summed E-state index contributed by atoms with van der Waals surface area (Å²) < 4.78 is 26.1. The van der Waals surface area contributed by atoms with E-state index < -0.39 is 23.4 Å². The summed E-state index contributed by atoms with van der Waals surface area (Å²) in [4.78, 5) is 28.4. The number of nitrogens with zero attached hydrogens (tertiary/aromatic N) is 2. The Morgan fingerprint density at radius 3 is 2.28 bits per heavy atom. The van der Waals surface area contributed by atoms with Crippen LogP contribution >= 0.6 is 0 Å². The second kappa shape index (κ2) is 9.47. The van der Waals surface area contributed by atoms with Gasteiger partial charge in [-0.15, -0.1) is 0 Å². The summed E-state index contributed by atoms with van der Waals surface area (Å²) in [5.74, 6) is -3.88. The molecule has 154 valence electrons. The first-order valence-electron chi connectivity index (χ1n) is 9.49. The van der Waals surface area contributed by atoms with Gasteiger partial charge in [0.15, 0.2) is 11.6 Å². The van der Waals surface area contributed by atoms with Crippen molar-refractivity contribution in [3.63, 3.8) is 0 Å². The van der Waals surface area contributed by atoms with Gasteiger partial charge < -0.3 is 20.4 Å². The number of carbonyl (C=O) groups is 2. The lowest BCUT2D eigenvalue weighted by Crippen LogP contribution is -2.44. The van der Waals surface area contributed by atoms with E-state index in [0.717, 1.165) is 43.9 Å². The number of piperazine rings is 1. The lowest BCUT2D eigenvalue weighted by atomic mass is 10.1.